The van der Waals surface area contributed by atoms with Gasteiger partial charge in [-0.15, -0.1) is 0 Å². The van der Waals surface area contributed by atoms with Crippen LogP contribution in [-0.4, -0.2) is 22.3 Å². The Labute approximate surface area is 125 Å². The van der Waals surface area contributed by atoms with Gasteiger partial charge in [-0.25, -0.2) is 4.98 Å². The fourth-order valence-electron chi connectivity index (χ4n) is 2.38. The van der Waals surface area contributed by atoms with Crippen molar-refractivity contribution >= 4 is 12.6 Å². The fourth-order valence-corrected chi connectivity index (χ4v) is 2.38. The molecular weight excluding hydrogens is 263 g/mol. The van der Waals surface area contributed by atoms with E-state index in [9.17, 15) is 0 Å². The maximum Gasteiger partial charge on any atom is 0.563 e. The number of imidazole rings is 1. The van der Waals surface area contributed by atoms with Gasteiger partial charge in [-0.3, -0.25) is 0 Å². The van der Waals surface area contributed by atoms with Crippen molar-refractivity contribution in [1.29, 1.82) is 0 Å². The maximum atomic E-state index is 5.91. The van der Waals surface area contributed by atoms with Gasteiger partial charge in [0.15, 0.2) is 0 Å². The van der Waals surface area contributed by atoms with Gasteiger partial charge in [-0.05, 0) is 37.4 Å². The normalized spacial score (nSPS) is 17.1. The van der Waals surface area contributed by atoms with Crippen LogP contribution in [-0.2, 0) is 15.9 Å². The molecule has 0 spiro atoms. The first kappa shape index (κ1) is 14.0. The average molecular weight is 282 g/mol. The van der Waals surface area contributed by atoms with E-state index in [0.717, 1.165) is 12.0 Å². The van der Waals surface area contributed by atoms with Crippen LogP contribution in [0, 0.1) is 6.92 Å². The lowest BCUT2D eigenvalue weighted by atomic mass is 9.78. The molecule has 3 rings (SSSR count). The molecule has 0 N–H and O–H groups in total. The lowest BCUT2D eigenvalue weighted by Gasteiger charge is -2.15. The minimum atomic E-state index is -0.436. The molecule has 2 aromatic rings. The van der Waals surface area contributed by atoms with Crippen LogP contribution < -0.4 is 5.46 Å². The molecule has 1 aliphatic rings. The van der Waals surface area contributed by atoms with Gasteiger partial charge in [-0.2, -0.15) is 0 Å². The van der Waals surface area contributed by atoms with Crippen LogP contribution in [0.2, 0.25) is 0 Å². The highest BCUT2D eigenvalue weighted by atomic mass is 16.7. The molecule has 0 atom stereocenters. The third kappa shape index (κ3) is 2.74. The molecule has 2 heterocycles. The van der Waals surface area contributed by atoms with Gasteiger partial charge in [0.1, 0.15) is 5.60 Å². The largest absolute Gasteiger partial charge is 0.563 e. The molecular formula is C16H19BN2O2. The predicted molar refractivity (Wildman–Crippen MR) is 83.3 cm³/mol. The van der Waals surface area contributed by atoms with E-state index >= 15 is 0 Å². The Hall–Kier alpha value is -2.01. The second-order valence-corrected chi connectivity index (χ2v) is 5.92. The summed E-state index contributed by atoms with van der Waals surface area (Å²) in [4.78, 5) is 4.07. The average Bonchev–Trinajstić information content (AvgIpc) is 3.01. The van der Waals surface area contributed by atoms with E-state index in [-0.39, 0.29) is 7.12 Å². The predicted octanol–water partition coefficient (Wildman–Crippen LogP) is 2.27. The molecule has 1 aromatic carbocycles. The number of benzene rings is 1. The number of aryl methyl sites for hydroxylation is 1. The summed E-state index contributed by atoms with van der Waals surface area (Å²) in [5, 5.41) is 0. The minimum absolute atomic E-state index is 0.367. The number of rotatable bonds is 3. The van der Waals surface area contributed by atoms with Crippen LogP contribution in [0.3, 0.4) is 0 Å². The molecule has 4 nitrogen and oxygen atoms in total. The van der Waals surface area contributed by atoms with Crippen molar-refractivity contribution in [2.24, 2.45) is 0 Å². The summed E-state index contributed by atoms with van der Waals surface area (Å²) >= 11 is 0. The fraction of sp³-hybridized carbons (Fsp3) is 0.312. The van der Waals surface area contributed by atoms with Crippen LogP contribution in [0.25, 0.3) is 0 Å². The molecule has 0 aliphatic carbocycles. The summed E-state index contributed by atoms with van der Waals surface area (Å²) in [7, 11) is -0.367. The first-order valence-corrected chi connectivity index (χ1v) is 7.05. The monoisotopic (exact) mass is 282 g/mol. The first-order chi connectivity index (χ1) is 9.95. The van der Waals surface area contributed by atoms with E-state index in [1.807, 2.05) is 26.4 Å². The van der Waals surface area contributed by atoms with Crippen LogP contribution >= 0.6 is 0 Å². The van der Waals surface area contributed by atoms with Gasteiger partial charge in [0.25, 0.3) is 0 Å². The smallest absolute Gasteiger partial charge is 0.534 e. The van der Waals surface area contributed by atoms with Crippen molar-refractivity contribution in [2.45, 2.75) is 32.9 Å². The lowest BCUT2D eigenvalue weighted by molar-refractivity contribution is 0.173. The van der Waals surface area contributed by atoms with Crippen LogP contribution in [0.15, 0.2) is 49.3 Å². The van der Waals surface area contributed by atoms with Gasteiger partial charge in [0, 0.05) is 18.9 Å². The van der Waals surface area contributed by atoms with Crippen molar-refractivity contribution in [2.75, 3.05) is 0 Å². The summed E-state index contributed by atoms with van der Waals surface area (Å²) in [5.41, 5.74) is 3.05. The van der Waals surface area contributed by atoms with Crippen molar-refractivity contribution in [3.8, 4) is 0 Å². The minimum Gasteiger partial charge on any atom is -0.534 e. The number of hydrogen-bond donors (Lipinski definition) is 0. The molecule has 0 unspecified atom stereocenters. The molecule has 0 saturated carbocycles. The van der Waals surface area contributed by atoms with Crippen LogP contribution in [0.4, 0.5) is 0 Å². The third-order valence-corrected chi connectivity index (χ3v) is 3.87. The van der Waals surface area contributed by atoms with Gasteiger partial charge in [0.2, 0.25) is 0 Å². The van der Waals surface area contributed by atoms with E-state index in [1.54, 1.807) is 6.20 Å². The van der Waals surface area contributed by atoms with Crippen molar-refractivity contribution in [3.05, 3.63) is 60.4 Å². The van der Waals surface area contributed by atoms with Gasteiger partial charge >= 0.3 is 7.12 Å². The Morgan fingerprint density at radius 1 is 1.38 bits per heavy atom. The molecule has 0 bridgehead atoms. The zero-order valence-electron chi connectivity index (χ0n) is 12.7. The van der Waals surface area contributed by atoms with Crippen molar-refractivity contribution < 1.29 is 9.31 Å². The van der Waals surface area contributed by atoms with Crippen LogP contribution in [0.5, 0.6) is 0 Å². The molecule has 21 heavy (non-hydrogen) atoms. The topological polar surface area (TPSA) is 36.3 Å². The molecule has 5 heteroatoms. The van der Waals surface area contributed by atoms with E-state index in [1.165, 1.54) is 11.1 Å². The first-order valence-electron chi connectivity index (χ1n) is 7.05. The Balaban J connectivity index is 1.80. The molecule has 1 saturated heterocycles. The number of nitrogens with zero attached hydrogens (tertiary/aromatic N) is 2. The Bertz CT molecular complexity index is 665. The van der Waals surface area contributed by atoms with Gasteiger partial charge in [0.05, 0.1) is 12.1 Å². The van der Waals surface area contributed by atoms with Crippen molar-refractivity contribution in [1.82, 2.24) is 9.55 Å². The van der Waals surface area contributed by atoms with Gasteiger partial charge < -0.3 is 13.9 Å². The Morgan fingerprint density at radius 3 is 2.76 bits per heavy atom. The van der Waals surface area contributed by atoms with Gasteiger partial charge in [-0.1, -0.05) is 24.8 Å². The lowest BCUT2D eigenvalue weighted by Crippen LogP contribution is -2.34. The third-order valence-electron chi connectivity index (χ3n) is 3.87. The summed E-state index contributed by atoms with van der Waals surface area (Å²) in [5.74, 6) is 0.674. The zero-order valence-corrected chi connectivity index (χ0v) is 12.7. The SMILES string of the molecule is C=C1OB(c2ccc(Cn3ccnc3)c(C)c2)OC1(C)C. The highest BCUT2D eigenvalue weighted by Crippen LogP contribution is 2.29. The Morgan fingerprint density at radius 2 is 2.19 bits per heavy atom. The van der Waals surface area contributed by atoms with E-state index in [2.05, 4.69) is 41.3 Å². The molecule has 0 radical (unpaired) electrons. The Kier molecular flexibility index (Phi) is 3.37. The van der Waals surface area contributed by atoms with Crippen LogP contribution in [0.1, 0.15) is 25.0 Å². The summed E-state index contributed by atoms with van der Waals surface area (Å²) < 4.78 is 13.7. The summed E-state index contributed by atoms with van der Waals surface area (Å²) in [6.07, 6.45) is 5.57. The van der Waals surface area contributed by atoms with E-state index < -0.39 is 5.60 Å². The molecule has 1 fully saturated rings. The van der Waals surface area contributed by atoms with Crippen molar-refractivity contribution in [3.63, 3.8) is 0 Å². The molecule has 1 aromatic heterocycles. The molecule has 0 amide bonds. The number of hydrogen-bond acceptors (Lipinski definition) is 3. The summed E-state index contributed by atoms with van der Waals surface area (Å²) in [6, 6.07) is 6.29. The standard InChI is InChI=1S/C16H19BN2O2/c1-12-9-15(17-20-13(2)16(3,4)21-17)6-5-14(12)10-19-8-7-18-11-19/h5-9,11H,2,10H2,1,3-4H3. The van der Waals surface area contributed by atoms with E-state index in [0.29, 0.717) is 5.76 Å². The molecule has 1 aliphatic heterocycles. The molecule has 108 valence electrons. The highest BCUT2D eigenvalue weighted by molar-refractivity contribution is 6.62. The second kappa shape index (κ2) is 5.08. The number of aromatic nitrogens is 2. The summed E-state index contributed by atoms with van der Waals surface area (Å²) in [6.45, 7) is 10.8. The zero-order chi connectivity index (χ0) is 15.0. The second-order valence-electron chi connectivity index (χ2n) is 5.92. The quantitative estimate of drug-likeness (QED) is 0.810. The highest BCUT2D eigenvalue weighted by Gasteiger charge is 2.42. The maximum absolute atomic E-state index is 5.91. The van der Waals surface area contributed by atoms with E-state index in [4.69, 9.17) is 9.31 Å².